The van der Waals surface area contributed by atoms with Gasteiger partial charge in [-0.15, -0.1) is 4.91 Å². The molecule has 0 radical (unpaired) electrons. The zero-order chi connectivity index (χ0) is 32.6. The minimum absolute atomic E-state index is 0.175. The van der Waals surface area contributed by atoms with Crippen molar-refractivity contribution in [2.45, 2.75) is 12.8 Å². The third-order valence-electron chi connectivity index (χ3n) is 7.46. The average molecular weight is 638 g/mol. The quantitative estimate of drug-likeness (QED) is 0.204. The number of carboxylic acid groups (broad SMARTS) is 2. The highest BCUT2D eigenvalue weighted by Crippen LogP contribution is 2.25. The van der Waals surface area contributed by atoms with Crippen LogP contribution in [0.3, 0.4) is 0 Å². The number of furan rings is 4. The molecule has 0 saturated carbocycles. The second-order valence-corrected chi connectivity index (χ2v) is 10.4. The molecule has 16 heteroatoms. The molecule has 4 aromatic rings. The molecular weight excluding hydrogens is 606 g/mol. The highest BCUT2D eigenvalue weighted by molar-refractivity contribution is 5.92. The number of carboxylic acids is 2. The van der Waals surface area contributed by atoms with Gasteiger partial charge < -0.3 is 47.5 Å². The summed E-state index contributed by atoms with van der Waals surface area (Å²) >= 11 is 0. The SMILES string of the molecule is O=Cc1ccc(N2CCCN(c3ccc(C(=O)O)o3)CCN(c3ccc(C(=O)N=O)o3)CCCN(c3ccc(C(=O)O)o3)CC2)o1. The number of anilines is 4. The van der Waals surface area contributed by atoms with E-state index in [-0.39, 0.29) is 23.0 Å². The Morgan fingerprint density at radius 1 is 0.565 bits per heavy atom. The number of nitrogens with zero attached hydrogens (tertiary/aromatic N) is 5. The van der Waals surface area contributed by atoms with Crippen LogP contribution < -0.4 is 19.6 Å². The number of aromatic carboxylic acids is 2. The van der Waals surface area contributed by atoms with E-state index < -0.39 is 17.8 Å². The monoisotopic (exact) mass is 637 g/mol. The van der Waals surface area contributed by atoms with Gasteiger partial charge in [0, 0.05) is 81.8 Å². The summed E-state index contributed by atoms with van der Waals surface area (Å²) in [6, 6.07) is 12.2. The number of nitroso groups, excluding NO2 is 1. The molecule has 1 aliphatic heterocycles. The number of hydrogen-bond donors (Lipinski definition) is 2. The highest BCUT2D eigenvalue weighted by atomic mass is 16.4. The van der Waals surface area contributed by atoms with Crippen molar-refractivity contribution < 1.29 is 47.1 Å². The zero-order valence-electron chi connectivity index (χ0n) is 24.6. The van der Waals surface area contributed by atoms with Gasteiger partial charge in [0.05, 0.1) is 0 Å². The first-order chi connectivity index (χ1) is 22.2. The summed E-state index contributed by atoms with van der Waals surface area (Å²) in [4.78, 5) is 64.6. The van der Waals surface area contributed by atoms with E-state index in [1.54, 1.807) is 30.3 Å². The standard InChI is InChI=1S/C30H31N5O11/c36-19-20-3-7-24(43-20)32-11-1-13-35(27-10-6-23(46-27)30(40)41)18-17-33(25-8-4-21(44-25)28(37)31-42)12-2-14-34(16-15-32)26-9-5-22(45-26)29(38)39/h3-10,19H,1-2,11-18H2,(H,38,39)(H,40,41). The van der Waals surface area contributed by atoms with Crippen LogP contribution >= 0.6 is 0 Å². The molecule has 0 aromatic carbocycles. The smallest absolute Gasteiger partial charge is 0.371 e. The van der Waals surface area contributed by atoms with Gasteiger partial charge in [-0.3, -0.25) is 9.59 Å². The van der Waals surface area contributed by atoms with Gasteiger partial charge in [-0.1, -0.05) is 0 Å². The number of amides is 1. The lowest BCUT2D eigenvalue weighted by molar-refractivity contribution is 0.0653. The largest absolute Gasteiger partial charge is 0.475 e. The van der Waals surface area contributed by atoms with Crippen molar-refractivity contribution in [2.75, 3.05) is 72.0 Å². The molecule has 0 atom stereocenters. The predicted octanol–water partition coefficient (Wildman–Crippen LogP) is 4.29. The predicted molar refractivity (Wildman–Crippen MR) is 162 cm³/mol. The van der Waals surface area contributed by atoms with Crippen LogP contribution in [0, 0.1) is 4.91 Å². The second-order valence-electron chi connectivity index (χ2n) is 10.4. The van der Waals surface area contributed by atoms with E-state index in [1.165, 1.54) is 18.2 Å². The Labute approximate surface area is 261 Å². The molecule has 242 valence electrons. The molecular formula is C30H31N5O11. The van der Waals surface area contributed by atoms with Crippen LogP contribution in [0.5, 0.6) is 0 Å². The Kier molecular flexibility index (Phi) is 9.84. The molecule has 5 rings (SSSR count). The first-order valence-corrected chi connectivity index (χ1v) is 14.4. The summed E-state index contributed by atoms with van der Waals surface area (Å²) in [6.45, 7) is 3.31. The molecule has 2 N–H and O–H groups in total. The maximum atomic E-state index is 11.8. The van der Waals surface area contributed by atoms with Crippen molar-refractivity contribution in [3.8, 4) is 0 Å². The van der Waals surface area contributed by atoms with Crippen molar-refractivity contribution in [3.63, 3.8) is 0 Å². The lowest BCUT2D eigenvalue weighted by atomic mass is 10.2. The fourth-order valence-electron chi connectivity index (χ4n) is 5.17. The van der Waals surface area contributed by atoms with Gasteiger partial charge in [0.2, 0.25) is 11.5 Å². The van der Waals surface area contributed by atoms with Crippen LogP contribution in [0.15, 0.2) is 71.4 Å². The van der Waals surface area contributed by atoms with Gasteiger partial charge in [0.1, 0.15) is 0 Å². The third-order valence-corrected chi connectivity index (χ3v) is 7.46. The molecule has 1 saturated heterocycles. The van der Waals surface area contributed by atoms with Crippen molar-refractivity contribution >= 4 is 47.7 Å². The summed E-state index contributed by atoms with van der Waals surface area (Å²) in [6.07, 6.45) is 1.71. The number of hydrogen-bond acceptors (Lipinski definition) is 13. The first-order valence-electron chi connectivity index (χ1n) is 14.4. The fraction of sp³-hybridized carbons (Fsp3) is 0.333. The van der Waals surface area contributed by atoms with Crippen molar-refractivity contribution in [1.29, 1.82) is 0 Å². The Morgan fingerprint density at radius 3 is 1.28 bits per heavy atom. The van der Waals surface area contributed by atoms with Gasteiger partial charge in [-0.2, -0.15) is 0 Å². The number of rotatable bonds is 8. The normalized spacial score (nSPS) is 15.4. The topological polar surface area (TPSA) is 204 Å². The van der Waals surface area contributed by atoms with E-state index in [4.69, 9.17) is 17.7 Å². The molecule has 1 amide bonds. The number of carbonyl (C=O) groups is 4. The fourth-order valence-corrected chi connectivity index (χ4v) is 5.17. The van der Waals surface area contributed by atoms with Crippen LogP contribution in [0.25, 0.3) is 0 Å². The molecule has 5 heterocycles. The maximum absolute atomic E-state index is 11.8. The molecule has 1 aliphatic rings. The van der Waals surface area contributed by atoms with Gasteiger partial charge in [0.15, 0.2) is 41.3 Å². The molecule has 46 heavy (non-hydrogen) atoms. The third kappa shape index (κ3) is 7.46. The Morgan fingerprint density at radius 2 is 0.935 bits per heavy atom. The van der Waals surface area contributed by atoms with E-state index in [0.717, 1.165) is 0 Å². The lowest BCUT2D eigenvalue weighted by Gasteiger charge is -2.32. The van der Waals surface area contributed by atoms with Crippen LogP contribution in [-0.2, 0) is 0 Å². The van der Waals surface area contributed by atoms with E-state index in [2.05, 4.69) is 5.18 Å². The molecule has 0 bridgehead atoms. The molecule has 0 spiro atoms. The molecule has 0 unspecified atom stereocenters. The van der Waals surface area contributed by atoms with Crippen LogP contribution in [0.1, 0.15) is 55.1 Å². The van der Waals surface area contributed by atoms with Crippen molar-refractivity contribution in [1.82, 2.24) is 0 Å². The van der Waals surface area contributed by atoms with Gasteiger partial charge in [-0.25, -0.2) is 9.59 Å². The summed E-state index contributed by atoms with van der Waals surface area (Å²) in [7, 11) is 0. The van der Waals surface area contributed by atoms with Gasteiger partial charge in [0.25, 0.3) is 0 Å². The number of aldehydes is 1. The van der Waals surface area contributed by atoms with Gasteiger partial charge >= 0.3 is 17.8 Å². The van der Waals surface area contributed by atoms with Crippen LogP contribution in [0.4, 0.5) is 23.5 Å². The number of carbonyl (C=O) groups excluding carboxylic acids is 2. The van der Waals surface area contributed by atoms with Crippen LogP contribution in [0.2, 0.25) is 0 Å². The van der Waals surface area contributed by atoms with Gasteiger partial charge in [-0.05, 0) is 37.1 Å². The summed E-state index contributed by atoms with van der Waals surface area (Å²) < 4.78 is 22.6. The lowest BCUT2D eigenvalue weighted by Crippen LogP contribution is -2.41. The second kappa shape index (κ2) is 14.3. The van der Waals surface area contributed by atoms with Crippen LogP contribution in [-0.4, -0.2) is 86.7 Å². The van der Waals surface area contributed by atoms with E-state index >= 15 is 0 Å². The zero-order valence-corrected chi connectivity index (χ0v) is 24.6. The molecule has 1 fully saturated rings. The minimum atomic E-state index is -1.20. The average Bonchev–Trinajstić information content (AvgIpc) is 3.88. The molecule has 16 nitrogen and oxygen atoms in total. The molecule has 4 aromatic heterocycles. The highest BCUT2D eigenvalue weighted by Gasteiger charge is 2.23. The summed E-state index contributed by atoms with van der Waals surface area (Å²) in [5, 5.41) is 21.2. The summed E-state index contributed by atoms with van der Waals surface area (Å²) in [5.41, 5.74) is 0. The minimum Gasteiger partial charge on any atom is -0.475 e. The first kappa shape index (κ1) is 31.6. The van der Waals surface area contributed by atoms with E-state index in [1.807, 2.05) is 19.6 Å². The Balaban J connectivity index is 1.44. The molecule has 0 aliphatic carbocycles. The van der Waals surface area contributed by atoms with Crippen molar-refractivity contribution in [3.05, 3.63) is 76.5 Å². The van der Waals surface area contributed by atoms with E-state index in [9.17, 15) is 34.3 Å². The maximum Gasteiger partial charge on any atom is 0.371 e. The summed E-state index contributed by atoms with van der Waals surface area (Å²) in [5.74, 6) is -2.32. The van der Waals surface area contributed by atoms with E-state index in [0.29, 0.717) is 95.0 Å². The Hall–Kier alpha value is -5.80. The van der Waals surface area contributed by atoms with Crippen molar-refractivity contribution in [2.24, 2.45) is 5.18 Å². The Bertz CT molecular complexity index is 1680.